The summed E-state index contributed by atoms with van der Waals surface area (Å²) in [4.78, 5) is 7.90. The molecule has 0 aliphatic rings. The molecule has 2 heterocycles. The minimum Gasteiger partial charge on any atom is -0.278 e. The van der Waals surface area contributed by atoms with Gasteiger partial charge in [0, 0.05) is 28.4 Å². The molecule has 0 atom stereocenters. The highest BCUT2D eigenvalue weighted by molar-refractivity contribution is 6.00. The summed E-state index contributed by atoms with van der Waals surface area (Å²) in [6, 6.07) is 11.1. The van der Waals surface area contributed by atoms with Gasteiger partial charge in [-0.15, -0.1) is 0 Å². The molecule has 0 amide bonds. The van der Waals surface area contributed by atoms with Gasteiger partial charge in [-0.1, -0.05) is 25.5 Å². The quantitative estimate of drug-likeness (QED) is 0.405. The molecule has 144 valence electrons. The van der Waals surface area contributed by atoms with Gasteiger partial charge < -0.3 is 0 Å². The van der Waals surface area contributed by atoms with Gasteiger partial charge >= 0.3 is 0 Å². The number of fused-ring (bicyclic) bond motifs is 1. The van der Waals surface area contributed by atoms with E-state index in [4.69, 9.17) is 6.57 Å². The van der Waals surface area contributed by atoms with Crippen LogP contribution in [0.4, 0.5) is 10.1 Å². The van der Waals surface area contributed by atoms with Gasteiger partial charge in [-0.25, -0.2) is 9.24 Å². The lowest BCUT2D eigenvalue weighted by molar-refractivity contribution is 0.627. The molecule has 4 aromatic rings. The summed E-state index contributed by atoms with van der Waals surface area (Å²) in [7, 11) is 0. The average Bonchev–Trinajstić information content (AvgIpc) is 3.10. The van der Waals surface area contributed by atoms with E-state index < -0.39 is 0 Å². The number of hydrogen-bond acceptors (Lipinski definition) is 2. The molecule has 0 fully saturated rings. The van der Waals surface area contributed by atoms with Gasteiger partial charge in [0.1, 0.15) is 5.82 Å². The molecule has 0 radical (unpaired) electrons. The monoisotopic (exact) mass is 384 g/mol. The number of nitrogens with one attached hydrogen (secondary N) is 1. The van der Waals surface area contributed by atoms with Crippen LogP contribution in [0.1, 0.15) is 30.2 Å². The largest absolute Gasteiger partial charge is 0.278 e. The molecule has 4 nitrogen and oxygen atoms in total. The SMILES string of the molecule is [C-]#[N+]c1cc2[nH]nc(-c3ccnc(C)c3)c2cc1-c1c(C)cc(CCC)cc1F. The molecule has 0 bridgehead atoms. The minimum atomic E-state index is -0.289. The van der Waals surface area contributed by atoms with Crippen molar-refractivity contribution in [2.24, 2.45) is 0 Å². The molecule has 1 N–H and O–H groups in total. The summed E-state index contributed by atoms with van der Waals surface area (Å²) in [5.74, 6) is -0.289. The van der Waals surface area contributed by atoms with Crippen LogP contribution in [0.5, 0.6) is 0 Å². The summed E-state index contributed by atoms with van der Waals surface area (Å²) in [5.41, 5.74) is 6.65. The smallest absolute Gasteiger partial charge is 0.197 e. The molecular weight excluding hydrogens is 363 g/mol. The normalized spacial score (nSPS) is 11.0. The molecule has 0 aliphatic carbocycles. The molecule has 4 rings (SSSR count). The van der Waals surface area contributed by atoms with Gasteiger partial charge in [0.25, 0.3) is 0 Å². The van der Waals surface area contributed by atoms with Crippen molar-refractivity contribution >= 4 is 16.6 Å². The van der Waals surface area contributed by atoms with Crippen molar-refractivity contribution < 1.29 is 4.39 Å². The van der Waals surface area contributed by atoms with Crippen LogP contribution in [0.2, 0.25) is 0 Å². The Kier molecular flexibility index (Phi) is 4.85. The van der Waals surface area contributed by atoms with Crippen molar-refractivity contribution in [2.75, 3.05) is 0 Å². The van der Waals surface area contributed by atoms with Crippen LogP contribution in [-0.4, -0.2) is 15.2 Å². The van der Waals surface area contributed by atoms with E-state index in [1.165, 1.54) is 0 Å². The second kappa shape index (κ2) is 7.48. The fourth-order valence-corrected chi connectivity index (χ4v) is 3.85. The second-order valence-corrected chi connectivity index (χ2v) is 7.30. The second-order valence-electron chi connectivity index (χ2n) is 7.30. The predicted octanol–water partition coefficient (Wildman–Crippen LogP) is 6.55. The van der Waals surface area contributed by atoms with Crippen LogP contribution >= 0.6 is 0 Å². The zero-order chi connectivity index (χ0) is 20.5. The number of benzene rings is 2. The fraction of sp³-hybridized carbons (Fsp3) is 0.208. The van der Waals surface area contributed by atoms with Gasteiger partial charge in [0.15, 0.2) is 5.69 Å². The summed E-state index contributed by atoms with van der Waals surface area (Å²) < 4.78 is 15.1. The first kappa shape index (κ1) is 18.8. The highest BCUT2D eigenvalue weighted by Crippen LogP contribution is 2.40. The third-order valence-electron chi connectivity index (χ3n) is 5.12. The first-order valence-corrected chi connectivity index (χ1v) is 9.63. The molecule has 0 spiro atoms. The Bertz CT molecular complexity index is 1240. The minimum absolute atomic E-state index is 0.289. The predicted molar refractivity (Wildman–Crippen MR) is 114 cm³/mol. The van der Waals surface area contributed by atoms with E-state index in [2.05, 4.69) is 27.0 Å². The maximum Gasteiger partial charge on any atom is 0.197 e. The first-order chi connectivity index (χ1) is 14.0. The number of hydrogen-bond donors (Lipinski definition) is 1. The third kappa shape index (κ3) is 3.38. The summed E-state index contributed by atoms with van der Waals surface area (Å²) in [6.07, 6.45) is 3.54. The van der Waals surface area contributed by atoms with E-state index >= 15 is 4.39 Å². The Morgan fingerprint density at radius 2 is 1.97 bits per heavy atom. The highest BCUT2D eigenvalue weighted by atomic mass is 19.1. The summed E-state index contributed by atoms with van der Waals surface area (Å²) >= 11 is 0. The first-order valence-electron chi connectivity index (χ1n) is 9.63. The third-order valence-corrected chi connectivity index (χ3v) is 5.12. The van der Waals surface area contributed by atoms with Crippen molar-refractivity contribution in [3.05, 3.63) is 76.7 Å². The molecule has 2 aromatic heterocycles. The van der Waals surface area contributed by atoms with E-state index in [0.717, 1.165) is 51.8 Å². The fourth-order valence-electron chi connectivity index (χ4n) is 3.85. The summed E-state index contributed by atoms with van der Waals surface area (Å²) in [5, 5.41) is 8.31. The molecule has 0 saturated carbocycles. The number of H-pyrrole nitrogens is 1. The van der Waals surface area contributed by atoms with Crippen molar-refractivity contribution in [1.82, 2.24) is 15.2 Å². The Hall–Kier alpha value is -3.52. The molecule has 0 saturated heterocycles. The number of aryl methyl sites for hydroxylation is 3. The zero-order valence-corrected chi connectivity index (χ0v) is 16.7. The van der Waals surface area contributed by atoms with Gasteiger partial charge in [0.05, 0.1) is 17.8 Å². The number of aromatic amines is 1. The Morgan fingerprint density at radius 1 is 1.14 bits per heavy atom. The molecular formula is C24H21FN4. The van der Waals surface area contributed by atoms with Gasteiger partial charge in [-0.05, 0) is 61.2 Å². The Labute approximate surface area is 169 Å². The zero-order valence-electron chi connectivity index (χ0n) is 16.7. The maximum absolute atomic E-state index is 15.1. The Morgan fingerprint density at radius 3 is 2.66 bits per heavy atom. The van der Waals surface area contributed by atoms with Gasteiger partial charge in [-0.3, -0.25) is 10.1 Å². The van der Waals surface area contributed by atoms with E-state index in [-0.39, 0.29) is 5.82 Å². The van der Waals surface area contributed by atoms with E-state index in [1.54, 1.807) is 18.3 Å². The topological polar surface area (TPSA) is 45.9 Å². The lowest BCUT2D eigenvalue weighted by atomic mass is 9.93. The van der Waals surface area contributed by atoms with E-state index in [9.17, 15) is 0 Å². The van der Waals surface area contributed by atoms with Gasteiger partial charge in [-0.2, -0.15) is 5.10 Å². The van der Waals surface area contributed by atoms with Crippen LogP contribution in [0, 0.1) is 26.2 Å². The molecule has 0 aliphatic heterocycles. The highest BCUT2D eigenvalue weighted by Gasteiger charge is 2.18. The van der Waals surface area contributed by atoms with Crippen molar-refractivity contribution in [1.29, 1.82) is 0 Å². The molecule has 29 heavy (non-hydrogen) atoms. The summed E-state index contributed by atoms with van der Waals surface area (Å²) in [6.45, 7) is 13.5. The van der Waals surface area contributed by atoms with Crippen molar-refractivity contribution in [3.8, 4) is 22.4 Å². The molecule has 2 aromatic carbocycles. The standard InChI is InChI=1S/C24H21FN4/c1-5-6-16-9-14(2)23(20(25)11-16)18-12-19-22(13-21(18)26-4)28-29-24(19)17-7-8-27-15(3)10-17/h7-13H,5-6H2,1-3H3,(H,28,29). The number of rotatable bonds is 4. The van der Waals surface area contributed by atoms with Crippen LogP contribution < -0.4 is 0 Å². The number of nitrogens with zero attached hydrogens (tertiary/aromatic N) is 3. The van der Waals surface area contributed by atoms with E-state index in [1.807, 2.05) is 38.1 Å². The molecule has 0 unspecified atom stereocenters. The van der Waals surface area contributed by atoms with Crippen LogP contribution in [0.3, 0.4) is 0 Å². The average molecular weight is 384 g/mol. The lowest BCUT2D eigenvalue weighted by Crippen LogP contribution is -1.94. The van der Waals surface area contributed by atoms with Crippen molar-refractivity contribution in [2.45, 2.75) is 33.6 Å². The van der Waals surface area contributed by atoms with Crippen LogP contribution in [0.15, 0.2) is 42.6 Å². The number of pyridine rings is 1. The van der Waals surface area contributed by atoms with Crippen LogP contribution in [-0.2, 0) is 6.42 Å². The number of aromatic nitrogens is 3. The van der Waals surface area contributed by atoms with E-state index in [0.29, 0.717) is 16.8 Å². The molecule has 5 heteroatoms. The van der Waals surface area contributed by atoms with Crippen LogP contribution in [0.25, 0.3) is 38.1 Å². The number of halogens is 1. The maximum atomic E-state index is 15.1. The lowest BCUT2D eigenvalue weighted by Gasteiger charge is -2.13. The van der Waals surface area contributed by atoms with Gasteiger partial charge in [0.2, 0.25) is 0 Å². The Balaban J connectivity index is 1.96. The van der Waals surface area contributed by atoms with Crippen molar-refractivity contribution in [3.63, 3.8) is 0 Å².